The molecule has 0 saturated heterocycles. The van der Waals surface area contributed by atoms with Crippen LogP contribution in [-0.2, 0) is 13.0 Å². The molecule has 122 valence electrons. The van der Waals surface area contributed by atoms with Crippen LogP contribution in [0.25, 0.3) is 0 Å². The molecule has 3 rings (SSSR count). The lowest BCUT2D eigenvalue weighted by Crippen LogP contribution is -2.33. The van der Waals surface area contributed by atoms with E-state index in [-0.39, 0.29) is 18.3 Å². The standard InChI is InChI=1S/C16H19FN4O2/c1-21(8-9-23-14-5-3-2-4-12(14)17)16(22)15-11-10-18-7-6-13(11)19-20-15/h2-5,18H,6-10H2,1H3,(H,19,20). The number of likely N-dealkylation sites (N-methyl/N-ethyl adjacent to an activating group) is 1. The Hall–Kier alpha value is -2.41. The molecule has 0 saturated carbocycles. The van der Waals surface area contributed by atoms with Gasteiger partial charge in [-0.3, -0.25) is 9.89 Å². The summed E-state index contributed by atoms with van der Waals surface area (Å²) in [5.41, 5.74) is 2.40. The number of carbonyl (C=O) groups is 1. The molecule has 1 aliphatic heterocycles. The van der Waals surface area contributed by atoms with Crippen molar-refractivity contribution < 1.29 is 13.9 Å². The third kappa shape index (κ3) is 3.34. The normalized spacial score (nSPS) is 13.5. The van der Waals surface area contributed by atoms with Gasteiger partial charge in [-0.05, 0) is 12.1 Å². The summed E-state index contributed by atoms with van der Waals surface area (Å²) in [5, 5.41) is 10.3. The first-order valence-electron chi connectivity index (χ1n) is 7.56. The fourth-order valence-corrected chi connectivity index (χ4v) is 2.54. The topological polar surface area (TPSA) is 70.2 Å². The van der Waals surface area contributed by atoms with Gasteiger partial charge in [0.2, 0.25) is 0 Å². The summed E-state index contributed by atoms with van der Waals surface area (Å²) in [4.78, 5) is 14.0. The van der Waals surface area contributed by atoms with E-state index in [2.05, 4.69) is 15.5 Å². The average Bonchev–Trinajstić information content (AvgIpc) is 3.00. The lowest BCUT2D eigenvalue weighted by molar-refractivity contribution is 0.0765. The van der Waals surface area contributed by atoms with Gasteiger partial charge in [-0.25, -0.2) is 4.39 Å². The van der Waals surface area contributed by atoms with Crippen LogP contribution in [0.15, 0.2) is 24.3 Å². The van der Waals surface area contributed by atoms with Gasteiger partial charge in [0.05, 0.1) is 6.54 Å². The number of fused-ring (bicyclic) bond motifs is 1. The number of aromatic amines is 1. The maximum atomic E-state index is 13.5. The van der Waals surface area contributed by atoms with E-state index in [1.165, 1.54) is 11.0 Å². The summed E-state index contributed by atoms with van der Waals surface area (Å²) < 4.78 is 18.8. The van der Waals surface area contributed by atoms with Gasteiger partial charge in [-0.15, -0.1) is 0 Å². The number of rotatable bonds is 5. The van der Waals surface area contributed by atoms with Crippen molar-refractivity contribution in [3.05, 3.63) is 47.0 Å². The van der Waals surface area contributed by atoms with Crippen molar-refractivity contribution in [2.75, 3.05) is 26.7 Å². The smallest absolute Gasteiger partial charge is 0.274 e. The highest BCUT2D eigenvalue weighted by Crippen LogP contribution is 2.17. The molecule has 7 heteroatoms. The molecule has 2 heterocycles. The van der Waals surface area contributed by atoms with Crippen molar-refractivity contribution in [1.82, 2.24) is 20.4 Å². The molecular formula is C16H19FN4O2. The number of nitrogens with one attached hydrogen (secondary N) is 2. The van der Waals surface area contributed by atoms with Gasteiger partial charge in [0.25, 0.3) is 5.91 Å². The third-order valence-electron chi connectivity index (χ3n) is 3.88. The minimum Gasteiger partial charge on any atom is -0.489 e. The van der Waals surface area contributed by atoms with Crippen molar-refractivity contribution in [1.29, 1.82) is 0 Å². The minimum absolute atomic E-state index is 0.164. The van der Waals surface area contributed by atoms with Crippen molar-refractivity contribution in [3.8, 4) is 5.75 Å². The molecule has 1 amide bonds. The highest BCUT2D eigenvalue weighted by Gasteiger charge is 2.23. The van der Waals surface area contributed by atoms with Crippen LogP contribution >= 0.6 is 0 Å². The van der Waals surface area contributed by atoms with Crippen molar-refractivity contribution in [2.45, 2.75) is 13.0 Å². The quantitative estimate of drug-likeness (QED) is 0.873. The van der Waals surface area contributed by atoms with Crippen molar-refractivity contribution in [3.63, 3.8) is 0 Å². The molecule has 2 N–H and O–H groups in total. The number of halogens is 1. The zero-order valence-corrected chi connectivity index (χ0v) is 12.9. The SMILES string of the molecule is CN(CCOc1ccccc1F)C(=O)c1n[nH]c2c1CNCC2. The summed E-state index contributed by atoms with van der Waals surface area (Å²) in [6, 6.07) is 6.21. The Morgan fingerprint density at radius 2 is 2.26 bits per heavy atom. The molecule has 0 unspecified atom stereocenters. The van der Waals surface area contributed by atoms with Crippen LogP contribution in [0.3, 0.4) is 0 Å². The maximum absolute atomic E-state index is 13.5. The molecule has 2 aromatic rings. The number of aromatic nitrogens is 2. The Balaban J connectivity index is 1.58. The predicted octanol–water partition coefficient (Wildman–Crippen LogP) is 1.35. The van der Waals surface area contributed by atoms with Gasteiger partial charge in [0, 0.05) is 37.8 Å². The van der Waals surface area contributed by atoms with Gasteiger partial charge in [-0.2, -0.15) is 5.10 Å². The Kier molecular flexibility index (Phi) is 4.57. The Bertz CT molecular complexity index is 701. The van der Waals surface area contributed by atoms with Gasteiger partial charge in [0.15, 0.2) is 17.3 Å². The number of carbonyl (C=O) groups excluding carboxylic acids is 1. The first kappa shape index (κ1) is 15.5. The number of ether oxygens (including phenoxy) is 1. The van der Waals surface area contributed by atoms with Crippen LogP contribution in [-0.4, -0.2) is 47.7 Å². The van der Waals surface area contributed by atoms with E-state index in [1.54, 1.807) is 25.2 Å². The van der Waals surface area contributed by atoms with E-state index in [0.29, 0.717) is 18.8 Å². The van der Waals surface area contributed by atoms with Crippen molar-refractivity contribution >= 4 is 5.91 Å². The summed E-state index contributed by atoms with van der Waals surface area (Å²) >= 11 is 0. The largest absolute Gasteiger partial charge is 0.489 e. The van der Waals surface area contributed by atoms with Gasteiger partial charge in [-0.1, -0.05) is 12.1 Å². The second-order valence-electron chi connectivity index (χ2n) is 5.46. The van der Waals surface area contributed by atoms with E-state index in [1.807, 2.05) is 0 Å². The molecule has 1 aromatic heterocycles. The van der Waals surface area contributed by atoms with E-state index in [0.717, 1.165) is 24.2 Å². The highest BCUT2D eigenvalue weighted by atomic mass is 19.1. The van der Waals surface area contributed by atoms with E-state index >= 15 is 0 Å². The lowest BCUT2D eigenvalue weighted by Gasteiger charge is -2.18. The van der Waals surface area contributed by atoms with Crippen LogP contribution in [0.5, 0.6) is 5.75 Å². The number of benzene rings is 1. The molecule has 1 aromatic carbocycles. The third-order valence-corrected chi connectivity index (χ3v) is 3.88. The first-order valence-corrected chi connectivity index (χ1v) is 7.56. The number of hydrogen-bond donors (Lipinski definition) is 2. The van der Waals surface area contributed by atoms with Crippen LogP contribution in [0, 0.1) is 5.82 Å². The number of hydrogen-bond acceptors (Lipinski definition) is 4. The van der Waals surface area contributed by atoms with Crippen LogP contribution < -0.4 is 10.1 Å². The number of nitrogens with zero attached hydrogens (tertiary/aromatic N) is 2. The van der Waals surface area contributed by atoms with Gasteiger partial charge in [0.1, 0.15) is 6.61 Å². The monoisotopic (exact) mass is 318 g/mol. The van der Waals surface area contributed by atoms with Crippen LogP contribution in [0.4, 0.5) is 4.39 Å². The Morgan fingerprint density at radius 3 is 3.09 bits per heavy atom. The molecule has 6 nitrogen and oxygen atoms in total. The fourth-order valence-electron chi connectivity index (χ4n) is 2.54. The lowest BCUT2D eigenvalue weighted by atomic mass is 10.1. The second-order valence-corrected chi connectivity index (χ2v) is 5.46. The average molecular weight is 318 g/mol. The van der Waals surface area contributed by atoms with Gasteiger partial charge < -0.3 is 15.0 Å². The van der Waals surface area contributed by atoms with E-state index < -0.39 is 5.82 Å². The Labute approximate surface area is 133 Å². The minimum atomic E-state index is -0.408. The highest BCUT2D eigenvalue weighted by molar-refractivity contribution is 5.93. The second kappa shape index (κ2) is 6.78. The fraction of sp³-hybridized carbons (Fsp3) is 0.375. The first-order chi connectivity index (χ1) is 11.2. The molecule has 0 bridgehead atoms. The molecule has 0 radical (unpaired) electrons. The predicted molar refractivity (Wildman–Crippen MR) is 82.9 cm³/mol. The maximum Gasteiger partial charge on any atom is 0.274 e. The number of amides is 1. The van der Waals surface area contributed by atoms with Crippen LogP contribution in [0.1, 0.15) is 21.7 Å². The molecule has 0 fully saturated rings. The summed E-state index contributed by atoms with van der Waals surface area (Å²) in [7, 11) is 1.68. The Morgan fingerprint density at radius 1 is 1.43 bits per heavy atom. The molecular weight excluding hydrogens is 299 g/mol. The zero-order chi connectivity index (χ0) is 16.2. The van der Waals surface area contributed by atoms with E-state index in [4.69, 9.17) is 4.74 Å². The molecule has 0 spiro atoms. The molecule has 23 heavy (non-hydrogen) atoms. The summed E-state index contributed by atoms with van der Waals surface area (Å²) in [6.07, 6.45) is 0.843. The zero-order valence-electron chi connectivity index (χ0n) is 12.9. The van der Waals surface area contributed by atoms with Crippen molar-refractivity contribution in [2.24, 2.45) is 0 Å². The number of para-hydroxylation sites is 1. The molecule has 1 aliphatic rings. The summed E-state index contributed by atoms with van der Waals surface area (Å²) in [5.74, 6) is -0.382. The molecule has 0 aliphatic carbocycles. The van der Waals surface area contributed by atoms with Crippen LogP contribution in [0.2, 0.25) is 0 Å². The number of H-pyrrole nitrogens is 1. The van der Waals surface area contributed by atoms with E-state index in [9.17, 15) is 9.18 Å². The summed E-state index contributed by atoms with van der Waals surface area (Å²) in [6.45, 7) is 2.10. The molecule has 0 atom stereocenters. The van der Waals surface area contributed by atoms with Gasteiger partial charge >= 0.3 is 0 Å².